The second-order valence-electron chi connectivity index (χ2n) is 4.17. The Morgan fingerprint density at radius 2 is 2.17 bits per heavy atom. The van der Waals surface area contributed by atoms with Crippen LogP contribution >= 0.6 is 0 Å². The van der Waals surface area contributed by atoms with E-state index in [4.69, 9.17) is 10.8 Å². The van der Waals surface area contributed by atoms with Gasteiger partial charge in [-0.25, -0.2) is 18.8 Å². The molecule has 2 saturated heterocycles. The molecule has 0 saturated carbocycles. The molecule has 2 aliphatic rings. The smallest absolute Gasteiger partial charge is 0.368 e. The van der Waals surface area contributed by atoms with E-state index in [0.29, 0.717) is 17.9 Å². The molecule has 3 atom stereocenters. The molecule has 3 amide bonds. The van der Waals surface area contributed by atoms with Crippen LogP contribution in [0.15, 0.2) is 0 Å². The summed E-state index contributed by atoms with van der Waals surface area (Å²) in [7, 11) is 0. The summed E-state index contributed by atoms with van der Waals surface area (Å²) >= 11 is 0. The molecule has 0 aliphatic carbocycles. The fourth-order valence-corrected chi connectivity index (χ4v) is 2.21. The minimum atomic E-state index is -2.61. The molecule has 2 bridgehead atoms. The number of nitrogens with two attached hydrogens (primary N) is 1. The molecule has 0 aromatic carbocycles. The zero-order chi connectivity index (χ0) is 13.4. The lowest BCUT2D eigenvalue weighted by Crippen LogP contribution is -2.47. The number of hydrogen-bond donors (Lipinski definition) is 2. The average Bonchev–Trinajstić information content (AvgIpc) is 2.54. The molecule has 2 aliphatic heterocycles. The Bertz CT molecular complexity index is 404. The largest absolute Gasteiger partial charge is 0.477 e. The van der Waals surface area contributed by atoms with Crippen molar-refractivity contribution in [3.05, 3.63) is 0 Å². The molecule has 2 heterocycles. The molecular formula is C9H12FN3O5. The van der Waals surface area contributed by atoms with E-state index in [1.54, 1.807) is 0 Å². The molecule has 0 radical (unpaired) electrons. The van der Waals surface area contributed by atoms with Gasteiger partial charge in [-0.05, 0) is 12.8 Å². The monoisotopic (exact) mass is 261 g/mol. The first-order chi connectivity index (χ1) is 8.41. The Labute approximate surface area is 101 Å². The number of carboxylic acids is 1. The van der Waals surface area contributed by atoms with Crippen LogP contribution in [-0.2, 0) is 14.4 Å². The van der Waals surface area contributed by atoms with Gasteiger partial charge in [-0.3, -0.25) is 4.79 Å². The molecule has 0 unspecified atom stereocenters. The summed E-state index contributed by atoms with van der Waals surface area (Å²) in [5, 5.41) is 9.07. The van der Waals surface area contributed by atoms with Crippen molar-refractivity contribution in [3.8, 4) is 0 Å². The summed E-state index contributed by atoms with van der Waals surface area (Å²) in [5.41, 5.74) is 5.15. The van der Waals surface area contributed by atoms with Gasteiger partial charge in [0.05, 0.1) is 6.04 Å². The first-order valence-corrected chi connectivity index (χ1v) is 5.34. The van der Waals surface area contributed by atoms with Crippen molar-refractivity contribution in [2.75, 3.05) is 6.54 Å². The maximum Gasteiger partial charge on any atom is 0.368 e. The van der Waals surface area contributed by atoms with Crippen LogP contribution in [0.5, 0.6) is 0 Å². The lowest BCUT2D eigenvalue weighted by atomic mass is 10.0. The van der Waals surface area contributed by atoms with Crippen molar-refractivity contribution in [1.29, 1.82) is 0 Å². The van der Waals surface area contributed by atoms with E-state index in [0.717, 1.165) is 0 Å². The van der Waals surface area contributed by atoms with Crippen LogP contribution in [0.4, 0.5) is 9.18 Å². The fourth-order valence-electron chi connectivity index (χ4n) is 2.21. The Balaban J connectivity index is 2.10. The fraction of sp³-hybridized carbons (Fsp3) is 0.667. The summed E-state index contributed by atoms with van der Waals surface area (Å²) < 4.78 is 12.9. The lowest BCUT2D eigenvalue weighted by Gasteiger charge is -2.27. The summed E-state index contributed by atoms with van der Waals surface area (Å²) in [5.74, 6) is -2.45. The number of piperidine rings is 1. The van der Waals surface area contributed by atoms with Crippen LogP contribution < -0.4 is 5.73 Å². The van der Waals surface area contributed by atoms with Gasteiger partial charge in [-0.15, -0.1) is 0 Å². The zero-order valence-electron chi connectivity index (χ0n) is 9.28. The Hall–Kier alpha value is -1.90. The predicted octanol–water partition coefficient (Wildman–Crippen LogP) is -0.948. The molecule has 9 heteroatoms. The molecule has 18 heavy (non-hydrogen) atoms. The van der Waals surface area contributed by atoms with Crippen LogP contribution in [0.3, 0.4) is 0 Å². The molecule has 0 aromatic heterocycles. The highest BCUT2D eigenvalue weighted by molar-refractivity contribution is 5.87. The number of hydroxylamine groups is 2. The van der Waals surface area contributed by atoms with Gasteiger partial charge in [0.25, 0.3) is 0 Å². The summed E-state index contributed by atoms with van der Waals surface area (Å²) in [6.45, 7) is 0.179. The van der Waals surface area contributed by atoms with Crippen molar-refractivity contribution >= 4 is 17.9 Å². The topological polar surface area (TPSA) is 113 Å². The number of alkyl halides is 1. The van der Waals surface area contributed by atoms with Gasteiger partial charge in [0, 0.05) is 6.54 Å². The van der Waals surface area contributed by atoms with Crippen molar-refractivity contribution in [2.24, 2.45) is 5.73 Å². The van der Waals surface area contributed by atoms with Gasteiger partial charge >= 0.3 is 18.4 Å². The quantitative estimate of drug-likeness (QED) is 0.677. The highest BCUT2D eigenvalue weighted by Crippen LogP contribution is 2.30. The SMILES string of the molecule is NC(=O)[C@@H]1CC[C@@H]2CN1C(=O)N2O[C@H](F)C(=O)O. The average molecular weight is 261 g/mol. The van der Waals surface area contributed by atoms with Crippen molar-refractivity contribution < 1.29 is 28.7 Å². The minimum Gasteiger partial charge on any atom is -0.477 e. The van der Waals surface area contributed by atoms with Gasteiger partial charge < -0.3 is 15.7 Å². The van der Waals surface area contributed by atoms with Crippen LogP contribution in [-0.4, -0.2) is 58.0 Å². The van der Waals surface area contributed by atoms with Gasteiger partial charge in [-0.1, -0.05) is 0 Å². The molecular weight excluding hydrogens is 249 g/mol. The van der Waals surface area contributed by atoms with E-state index < -0.39 is 36.3 Å². The second kappa shape index (κ2) is 4.41. The number of aliphatic carboxylic acids is 1. The summed E-state index contributed by atoms with van der Waals surface area (Å²) in [6, 6.07) is -1.93. The van der Waals surface area contributed by atoms with E-state index in [1.807, 2.05) is 0 Å². The highest BCUT2D eigenvalue weighted by atomic mass is 19.1. The van der Waals surface area contributed by atoms with E-state index in [2.05, 4.69) is 4.84 Å². The maximum atomic E-state index is 12.9. The number of carbonyl (C=O) groups is 3. The van der Waals surface area contributed by atoms with Crippen LogP contribution in [0, 0.1) is 0 Å². The van der Waals surface area contributed by atoms with Crippen LogP contribution in [0.1, 0.15) is 12.8 Å². The number of carbonyl (C=O) groups excluding carboxylic acids is 2. The van der Waals surface area contributed by atoms with Crippen LogP contribution in [0.2, 0.25) is 0 Å². The predicted molar refractivity (Wildman–Crippen MR) is 53.6 cm³/mol. The zero-order valence-corrected chi connectivity index (χ0v) is 9.28. The van der Waals surface area contributed by atoms with Crippen molar-refractivity contribution in [1.82, 2.24) is 9.96 Å². The summed E-state index contributed by atoms with van der Waals surface area (Å²) in [4.78, 5) is 38.9. The van der Waals surface area contributed by atoms with Crippen LogP contribution in [0.25, 0.3) is 0 Å². The Kier molecular flexibility index (Phi) is 3.07. The first-order valence-electron chi connectivity index (χ1n) is 5.34. The molecule has 0 aromatic rings. The second-order valence-corrected chi connectivity index (χ2v) is 4.17. The third-order valence-corrected chi connectivity index (χ3v) is 3.05. The van der Waals surface area contributed by atoms with Crippen molar-refractivity contribution in [2.45, 2.75) is 31.3 Å². The molecule has 8 nitrogen and oxygen atoms in total. The number of hydrogen-bond acceptors (Lipinski definition) is 4. The summed E-state index contributed by atoms with van der Waals surface area (Å²) in [6.07, 6.45) is -1.85. The van der Waals surface area contributed by atoms with Gasteiger partial charge in [0.15, 0.2) is 0 Å². The molecule has 2 fully saturated rings. The molecule has 2 rings (SSSR count). The van der Waals surface area contributed by atoms with Gasteiger partial charge in [0.2, 0.25) is 5.91 Å². The lowest BCUT2D eigenvalue weighted by molar-refractivity contribution is -0.223. The third kappa shape index (κ3) is 1.96. The maximum absolute atomic E-state index is 12.9. The van der Waals surface area contributed by atoms with E-state index in [-0.39, 0.29) is 6.54 Å². The highest BCUT2D eigenvalue weighted by Gasteiger charge is 2.48. The molecule has 100 valence electrons. The number of rotatable bonds is 4. The number of fused-ring (bicyclic) bond motifs is 2. The van der Waals surface area contributed by atoms with E-state index in [9.17, 15) is 18.8 Å². The van der Waals surface area contributed by atoms with Crippen molar-refractivity contribution in [3.63, 3.8) is 0 Å². The Morgan fingerprint density at radius 1 is 1.50 bits per heavy atom. The van der Waals surface area contributed by atoms with E-state index in [1.165, 1.54) is 4.90 Å². The number of amides is 3. The Morgan fingerprint density at radius 3 is 2.72 bits per heavy atom. The van der Waals surface area contributed by atoms with E-state index >= 15 is 0 Å². The van der Waals surface area contributed by atoms with Gasteiger partial charge in [-0.2, -0.15) is 5.06 Å². The standard InChI is InChI=1S/C9H12FN3O5/c10-6(8(15)16)18-13-4-1-2-5(7(11)14)12(3-4)9(13)17/h4-6H,1-3H2,(H2,11,14)(H,15,16)/t4-,5+,6+/m1/s1. The molecule has 3 N–H and O–H groups in total. The number of carboxylic acid groups (broad SMARTS) is 1. The normalized spacial score (nSPS) is 28.4. The third-order valence-electron chi connectivity index (χ3n) is 3.05. The first kappa shape index (κ1) is 12.6. The van der Waals surface area contributed by atoms with Gasteiger partial charge in [0.1, 0.15) is 6.04 Å². The number of halogens is 1. The number of urea groups is 1. The number of primary amides is 1. The number of nitrogens with zero attached hydrogens (tertiary/aromatic N) is 2. The molecule has 0 spiro atoms. The minimum absolute atomic E-state index is 0.179.